The highest BCUT2D eigenvalue weighted by atomic mass is 16.5. The Hall–Kier alpha value is -6.95. The molecule has 0 amide bonds. The van der Waals surface area contributed by atoms with Gasteiger partial charge in [-0.1, -0.05) is 90.4 Å². The van der Waals surface area contributed by atoms with Gasteiger partial charge in [0.25, 0.3) is 0 Å². The van der Waals surface area contributed by atoms with Gasteiger partial charge >= 0.3 is 0 Å². The van der Waals surface area contributed by atoms with Gasteiger partial charge in [0.1, 0.15) is 0 Å². The average Bonchev–Trinajstić information content (AvgIpc) is 3.31. The smallest absolute Gasteiger partial charge is 0.0893 e. The van der Waals surface area contributed by atoms with E-state index in [2.05, 4.69) is 82.2 Å². The van der Waals surface area contributed by atoms with Gasteiger partial charge in [0.05, 0.1) is 88.8 Å². The molecule has 0 saturated heterocycles. The predicted molar refractivity (Wildman–Crippen MR) is 240 cm³/mol. The van der Waals surface area contributed by atoms with Gasteiger partial charge in [-0.3, -0.25) is 15.0 Å². The Labute approximate surface area is 362 Å². The lowest BCUT2D eigenvalue weighted by molar-refractivity contribution is 0.00702. The first kappa shape index (κ1) is 41.8. The topological polar surface area (TPSA) is 111 Å². The van der Waals surface area contributed by atoms with Crippen molar-refractivity contribution in [3.8, 4) is 46.2 Å². The van der Waals surface area contributed by atoms with Gasteiger partial charge < -0.3 is 29.4 Å². The second kappa shape index (κ2) is 21.5. The molecule has 0 atom stereocenters. The van der Waals surface area contributed by atoms with Crippen LogP contribution in [0.15, 0.2) is 146 Å². The molecule has 308 valence electrons. The van der Waals surface area contributed by atoms with Crippen LogP contribution >= 0.6 is 0 Å². The molecule has 6 bridgehead atoms. The van der Waals surface area contributed by atoms with Crippen molar-refractivity contribution in [1.82, 2.24) is 15.0 Å². The molecule has 4 aliphatic heterocycles. The summed E-state index contributed by atoms with van der Waals surface area (Å²) in [6, 6.07) is 44.0. The molecule has 4 aromatic carbocycles. The van der Waals surface area contributed by atoms with Crippen molar-refractivity contribution in [2.75, 3.05) is 32.2 Å². The van der Waals surface area contributed by atoms with E-state index in [1.54, 1.807) is 6.20 Å². The third-order valence-corrected chi connectivity index (χ3v) is 9.92. The molecule has 9 heteroatoms. The number of hydrogen-bond acceptors (Lipinski definition) is 9. The molecule has 7 heterocycles. The summed E-state index contributed by atoms with van der Waals surface area (Å²) in [6.45, 7) is 4.70. The minimum atomic E-state index is 0.331. The molecule has 3 aromatic heterocycles. The SMILES string of the molecule is Nc1ccc(-c2ccc(-c3ccc(C#Cc4ccc(C#Cc5cc6nc(c5)COCc5ccc(cc5)COCCOCCOCc5ccc(cc5)COC6)cc4)cn3)nc2)cc1. The zero-order valence-electron chi connectivity index (χ0n) is 34.4. The first-order valence-corrected chi connectivity index (χ1v) is 20.5. The number of ether oxygens (including phenoxy) is 5. The van der Waals surface area contributed by atoms with Gasteiger partial charge in [0.15, 0.2) is 0 Å². The molecular formula is C53H46N4O5. The van der Waals surface area contributed by atoms with Crippen LogP contribution < -0.4 is 5.73 Å². The number of anilines is 1. The lowest BCUT2D eigenvalue weighted by atomic mass is 10.1. The van der Waals surface area contributed by atoms with Crippen LogP contribution in [0.2, 0.25) is 0 Å². The summed E-state index contributed by atoms with van der Waals surface area (Å²) in [4.78, 5) is 14.1. The van der Waals surface area contributed by atoms with E-state index >= 15 is 0 Å². The first-order valence-electron chi connectivity index (χ1n) is 20.5. The quantitative estimate of drug-likeness (QED) is 0.135. The van der Waals surface area contributed by atoms with E-state index in [0.717, 1.165) is 84.1 Å². The number of hydrogen-bond donors (Lipinski definition) is 1. The summed E-state index contributed by atoms with van der Waals surface area (Å²) >= 11 is 0. The van der Waals surface area contributed by atoms with Gasteiger partial charge in [-0.05, 0) is 94.5 Å². The van der Waals surface area contributed by atoms with Gasteiger partial charge in [0.2, 0.25) is 0 Å². The van der Waals surface area contributed by atoms with Crippen LogP contribution in [-0.2, 0) is 63.3 Å². The molecule has 0 aliphatic carbocycles. The van der Waals surface area contributed by atoms with Crippen LogP contribution in [-0.4, -0.2) is 41.4 Å². The van der Waals surface area contributed by atoms with Crippen LogP contribution in [0.1, 0.15) is 55.9 Å². The van der Waals surface area contributed by atoms with E-state index in [1.807, 2.05) is 91.1 Å². The van der Waals surface area contributed by atoms with Gasteiger partial charge in [-0.25, -0.2) is 0 Å². The summed E-state index contributed by atoms with van der Waals surface area (Å²) < 4.78 is 29.5. The third-order valence-electron chi connectivity index (χ3n) is 9.92. The second-order valence-electron chi connectivity index (χ2n) is 14.7. The molecule has 9 nitrogen and oxygen atoms in total. The molecule has 7 aromatic rings. The standard InChI is InChI=1S/C53H46N4O5/c54-49-21-18-47(19-22-49)48-20-24-53(56-32-48)52-23-17-41(31-55-52)7-5-39-1-3-40(4-2-39)6-16-46-29-50-37-61-35-44-12-8-42(9-13-44)33-59-27-25-58-26-28-60-34-43-10-14-45(15-11-43)36-62-38-51(30-46)57-50/h1-4,8-15,17-24,29-32H,25-28,33-38,54H2. The lowest BCUT2D eigenvalue weighted by Gasteiger charge is -2.10. The number of nitrogens with zero attached hydrogens (tertiary/aromatic N) is 3. The number of aromatic nitrogens is 3. The van der Waals surface area contributed by atoms with Gasteiger partial charge in [-0.2, -0.15) is 0 Å². The maximum Gasteiger partial charge on any atom is 0.0893 e. The molecule has 62 heavy (non-hydrogen) atoms. The van der Waals surface area contributed by atoms with E-state index in [9.17, 15) is 0 Å². The van der Waals surface area contributed by atoms with Crippen molar-refractivity contribution in [3.63, 3.8) is 0 Å². The summed E-state index contributed by atoms with van der Waals surface area (Å²) in [5.74, 6) is 13.1. The van der Waals surface area contributed by atoms with Crippen LogP contribution in [0.4, 0.5) is 5.69 Å². The van der Waals surface area contributed by atoms with Crippen LogP contribution in [0.5, 0.6) is 0 Å². The number of benzene rings is 4. The maximum atomic E-state index is 6.13. The van der Waals surface area contributed by atoms with Crippen molar-refractivity contribution in [3.05, 3.63) is 202 Å². The molecule has 2 N–H and O–H groups in total. The molecular weight excluding hydrogens is 773 g/mol. The molecule has 0 spiro atoms. The summed E-state index contributed by atoms with van der Waals surface area (Å²) in [5, 5.41) is 0. The van der Waals surface area contributed by atoms with Crippen LogP contribution in [0, 0.1) is 23.7 Å². The van der Waals surface area contributed by atoms with Crippen molar-refractivity contribution >= 4 is 5.69 Å². The van der Waals surface area contributed by atoms with Gasteiger partial charge in [-0.15, -0.1) is 0 Å². The number of nitrogens with two attached hydrogens (primary N) is 1. The number of nitrogen functional groups attached to an aromatic ring is 1. The minimum absolute atomic E-state index is 0.331. The van der Waals surface area contributed by atoms with Crippen molar-refractivity contribution < 1.29 is 23.7 Å². The summed E-state index contributed by atoms with van der Waals surface area (Å²) in [7, 11) is 0. The highest BCUT2D eigenvalue weighted by Gasteiger charge is 2.07. The number of rotatable bonds is 2. The van der Waals surface area contributed by atoms with Crippen LogP contribution in [0.25, 0.3) is 22.5 Å². The van der Waals surface area contributed by atoms with E-state index < -0.39 is 0 Å². The minimum Gasteiger partial charge on any atom is -0.399 e. The fourth-order valence-electron chi connectivity index (χ4n) is 6.53. The Bertz CT molecular complexity index is 2570. The predicted octanol–water partition coefficient (Wildman–Crippen LogP) is 9.08. The second-order valence-corrected chi connectivity index (χ2v) is 14.7. The molecule has 0 fully saturated rings. The van der Waals surface area contributed by atoms with E-state index in [1.165, 1.54) is 0 Å². The normalized spacial score (nSPS) is 13.9. The highest BCUT2D eigenvalue weighted by molar-refractivity contribution is 5.67. The average molecular weight is 819 g/mol. The summed E-state index contributed by atoms with van der Waals surface area (Å²) in [5.41, 5.74) is 19.5. The molecule has 0 radical (unpaired) electrons. The Morgan fingerprint density at radius 1 is 0.371 bits per heavy atom. The Kier molecular flexibility index (Phi) is 14.5. The van der Waals surface area contributed by atoms with Crippen molar-refractivity contribution in [2.24, 2.45) is 0 Å². The largest absolute Gasteiger partial charge is 0.399 e. The molecule has 0 saturated carbocycles. The van der Waals surface area contributed by atoms with Crippen molar-refractivity contribution in [2.45, 2.75) is 39.6 Å². The Morgan fingerprint density at radius 2 is 0.790 bits per heavy atom. The van der Waals surface area contributed by atoms with Crippen molar-refractivity contribution in [1.29, 1.82) is 0 Å². The Morgan fingerprint density at radius 3 is 1.27 bits per heavy atom. The molecule has 0 unspecified atom stereocenters. The zero-order valence-corrected chi connectivity index (χ0v) is 34.4. The number of pyridine rings is 3. The third kappa shape index (κ3) is 12.5. The maximum absolute atomic E-state index is 6.13. The van der Waals surface area contributed by atoms with Crippen LogP contribution in [0.3, 0.4) is 0 Å². The highest BCUT2D eigenvalue weighted by Crippen LogP contribution is 2.23. The van der Waals surface area contributed by atoms with Gasteiger partial charge in [0, 0.05) is 45.9 Å². The van der Waals surface area contributed by atoms with E-state index in [0.29, 0.717) is 66.1 Å². The fraction of sp³-hybridized carbons (Fsp3) is 0.189. The Balaban J connectivity index is 0.912. The monoisotopic (exact) mass is 818 g/mol. The lowest BCUT2D eigenvalue weighted by Crippen LogP contribution is -2.09. The fourth-order valence-corrected chi connectivity index (χ4v) is 6.53. The zero-order chi connectivity index (χ0) is 42.2. The molecule has 4 aliphatic rings. The van der Waals surface area contributed by atoms with E-state index in [4.69, 9.17) is 34.4 Å². The first-order chi connectivity index (χ1) is 30.6. The summed E-state index contributed by atoms with van der Waals surface area (Å²) in [6.07, 6.45) is 3.62. The van der Waals surface area contributed by atoms with E-state index in [-0.39, 0.29) is 0 Å². The molecule has 11 rings (SSSR count).